The number of ether oxygens (including phenoxy) is 2. The Hall–Kier alpha value is -0.0551. The van der Waals surface area contributed by atoms with E-state index < -0.39 is 0 Å². The van der Waals surface area contributed by atoms with Crippen molar-refractivity contribution in [3.8, 4) is 0 Å². The summed E-state index contributed by atoms with van der Waals surface area (Å²) in [4.78, 5) is 2.77. The molecule has 0 aromatic carbocycles. The van der Waals surface area contributed by atoms with Crippen molar-refractivity contribution < 1.29 is 9.47 Å². The first kappa shape index (κ1) is 30.0. The number of nitrogens with zero attached hydrogens (tertiary/aromatic N) is 1. The van der Waals surface area contributed by atoms with Crippen molar-refractivity contribution in [2.45, 2.75) is 154 Å². The average Bonchev–Trinajstić information content (AvgIpc) is 2.78. The number of rotatable bonds is 22. The van der Waals surface area contributed by atoms with E-state index in [1.807, 2.05) is 0 Å². The fraction of sp³-hybridized carbons (Fsp3) is 1.00. The highest BCUT2D eigenvalue weighted by atomic mass is 16.5. The number of morpholine rings is 1. The molecule has 0 aromatic heterocycles. The summed E-state index contributed by atoms with van der Waals surface area (Å²) in [6.45, 7) is 10.7. The smallest absolute Gasteiger partial charge is 0.140 e. The predicted octanol–water partition coefficient (Wildman–Crippen LogP) is 7.11. The van der Waals surface area contributed by atoms with Crippen LogP contribution in [0.3, 0.4) is 0 Å². The zero-order valence-electron chi connectivity index (χ0n) is 22.6. The van der Waals surface area contributed by atoms with Gasteiger partial charge in [0.25, 0.3) is 0 Å². The Balaban J connectivity index is 2.38. The molecular weight excluding hydrogens is 393 g/mol. The summed E-state index contributed by atoms with van der Waals surface area (Å²) in [6.07, 6.45) is 24.8. The molecular formula is C28H58BNO2. The van der Waals surface area contributed by atoms with Gasteiger partial charge < -0.3 is 9.47 Å². The van der Waals surface area contributed by atoms with Crippen LogP contribution >= 0.6 is 0 Å². The summed E-state index contributed by atoms with van der Waals surface area (Å²) >= 11 is 0. The van der Waals surface area contributed by atoms with Crippen molar-refractivity contribution in [1.29, 1.82) is 0 Å². The predicted molar refractivity (Wildman–Crippen MR) is 144 cm³/mol. The number of hydrogen-bond acceptors (Lipinski definition) is 3. The van der Waals surface area contributed by atoms with E-state index in [-0.39, 0.29) is 6.10 Å². The average molecular weight is 452 g/mol. The zero-order chi connectivity index (χ0) is 23.3. The maximum Gasteiger partial charge on any atom is 0.140 e. The molecule has 32 heavy (non-hydrogen) atoms. The van der Waals surface area contributed by atoms with Crippen LogP contribution in [0.2, 0.25) is 0 Å². The molecule has 1 aliphatic rings. The van der Waals surface area contributed by atoms with Gasteiger partial charge in [-0.25, -0.2) is 0 Å². The Labute approximate surface area is 203 Å². The van der Waals surface area contributed by atoms with Crippen LogP contribution in [0.4, 0.5) is 0 Å². The van der Waals surface area contributed by atoms with Crippen molar-refractivity contribution in [3.05, 3.63) is 0 Å². The van der Waals surface area contributed by atoms with Crippen molar-refractivity contribution in [1.82, 2.24) is 4.90 Å². The zero-order valence-corrected chi connectivity index (χ0v) is 22.6. The van der Waals surface area contributed by atoms with Gasteiger partial charge in [0, 0.05) is 31.7 Å². The monoisotopic (exact) mass is 451 g/mol. The lowest BCUT2D eigenvalue weighted by Crippen LogP contribution is -2.53. The summed E-state index contributed by atoms with van der Waals surface area (Å²) < 4.78 is 12.3. The lowest BCUT2D eigenvalue weighted by molar-refractivity contribution is -0.0965. The van der Waals surface area contributed by atoms with E-state index in [9.17, 15) is 0 Å². The molecule has 2 unspecified atom stereocenters. The van der Waals surface area contributed by atoms with Crippen molar-refractivity contribution in [2.75, 3.05) is 26.3 Å². The van der Waals surface area contributed by atoms with Crippen LogP contribution in [0.15, 0.2) is 0 Å². The Kier molecular flexibility index (Phi) is 20.1. The van der Waals surface area contributed by atoms with Gasteiger partial charge in [-0.1, -0.05) is 117 Å². The van der Waals surface area contributed by atoms with E-state index in [4.69, 9.17) is 9.47 Å². The second kappa shape index (κ2) is 21.5. The largest absolute Gasteiger partial charge is 0.379 e. The van der Waals surface area contributed by atoms with E-state index in [2.05, 4.69) is 33.5 Å². The lowest BCUT2D eigenvalue weighted by Gasteiger charge is -2.41. The van der Waals surface area contributed by atoms with Gasteiger partial charge >= 0.3 is 0 Å². The van der Waals surface area contributed by atoms with Crippen LogP contribution in [-0.4, -0.2) is 57.2 Å². The van der Waals surface area contributed by atoms with Crippen LogP contribution in [0.1, 0.15) is 136 Å². The molecule has 0 aliphatic carbocycles. The van der Waals surface area contributed by atoms with Gasteiger partial charge in [0.05, 0.1) is 12.7 Å². The fourth-order valence-corrected chi connectivity index (χ4v) is 5.15. The minimum atomic E-state index is 0.251. The molecule has 0 bridgehead atoms. The molecule has 0 aromatic rings. The highest BCUT2D eigenvalue weighted by Gasteiger charge is 2.29. The van der Waals surface area contributed by atoms with E-state index in [1.54, 1.807) is 0 Å². The minimum Gasteiger partial charge on any atom is -0.379 e. The third kappa shape index (κ3) is 15.7. The van der Waals surface area contributed by atoms with Crippen molar-refractivity contribution in [2.24, 2.45) is 0 Å². The van der Waals surface area contributed by atoms with Gasteiger partial charge in [-0.3, -0.25) is 4.90 Å². The van der Waals surface area contributed by atoms with Gasteiger partial charge in [0.15, 0.2) is 0 Å². The molecule has 0 amide bonds. The third-order valence-corrected chi connectivity index (χ3v) is 7.10. The molecule has 3 nitrogen and oxygen atoms in total. The normalized spacial score (nSPS) is 19.8. The quantitative estimate of drug-likeness (QED) is 0.129. The highest BCUT2D eigenvalue weighted by molar-refractivity contribution is 6.11. The molecule has 4 heteroatoms. The first-order chi connectivity index (χ1) is 15.7. The van der Waals surface area contributed by atoms with Gasteiger partial charge in [-0.15, -0.1) is 0 Å². The second-order valence-electron chi connectivity index (χ2n) is 10.4. The standard InChI is InChI=1S/C28H58BNO2/c1-4-7-10-13-16-19-22-31-25-27-23-30(24-28(29)32-27)26(20-17-14-11-8-5-2)21-18-15-12-9-6-3/h26-28H,4-25,29H2,1-3H3. The summed E-state index contributed by atoms with van der Waals surface area (Å²) in [5.41, 5.74) is 0. The summed E-state index contributed by atoms with van der Waals surface area (Å²) in [5, 5.41) is 0. The van der Waals surface area contributed by atoms with Crippen LogP contribution < -0.4 is 0 Å². The SMILES string of the molecule is BC1CN(C(CCCCCCC)CCCCCCC)CC(COCCCCCCCC)O1. The van der Waals surface area contributed by atoms with E-state index >= 15 is 0 Å². The maximum atomic E-state index is 6.27. The van der Waals surface area contributed by atoms with Crippen LogP contribution in [-0.2, 0) is 9.47 Å². The molecule has 1 fully saturated rings. The Morgan fingerprint density at radius 1 is 0.719 bits per heavy atom. The molecule has 1 saturated heterocycles. The summed E-state index contributed by atoms with van der Waals surface area (Å²) in [7, 11) is 2.26. The Morgan fingerprint density at radius 2 is 1.22 bits per heavy atom. The summed E-state index contributed by atoms with van der Waals surface area (Å²) in [6, 6.07) is 1.07. The first-order valence-corrected chi connectivity index (χ1v) is 14.7. The van der Waals surface area contributed by atoms with Gasteiger partial charge in [0.2, 0.25) is 0 Å². The lowest BCUT2D eigenvalue weighted by atomic mass is 9.93. The van der Waals surface area contributed by atoms with Gasteiger partial charge in [0.1, 0.15) is 7.85 Å². The molecule has 2 atom stereocenters. The van der Waals surface area contributed by atoms with Crippen molar-refractivity contribution in [3.63, 3.8) is 0 Å². The van der Waals surface area contributed by atoms with Crippen molar-refractivity contribution >= 4 is 7.85 Å². The topological polar surface area (TPSA) is 21.7 Å². The van der Waals surface area contributed by atoms with E-state index in [1.165, 1.54) is 116 Å². The molecule has 0 saturated carbocycles. The molecule has 1 heterocycles. The van der Waals surface area contributed by atoms with Gasteiger partial charge in [-0.05, 0) is 19.3 Å². The molecule has 0 N–H and O–H groups in total. The maximum absolute atomic E-state index is 6.27. The molecule has 0 radical (unpaired) electrons. The van der Waals surface area contributed by atoms with E-state index in [0.717, 1.165) is 32.3 Å². The first-order valence-electron chi connectivity index (χ1n) is 14.7. The Morgan fingerprint density at radius 3 is 1.78 bits per heavy atom. The molecule has 190 valence electrons. The van der Waals surface area contributed by atoms with Crippen LogP contribution in [0, 0.1) is 0 Å². The summed E-state index contributed by atoms with van der Waals surface area (Å²) in [5.74, 6) is 0. The highest BCUT2D eigenvalue weighted by Crippen LogP contribution is 2.22. The molecule has 0 spiro atoms. The number of unbranched alkanes of at least 4 members (excludes halogenated alkanes) is 13. The second-order valence-corrected chi connectivity index (χ2v) is 10.4. The van der Waals surface area contributed by atoms with Crippen LogP contribution in [0.5, 0.6) is 0 Å². The molecule has 1 aliphatic heterocycles. The molecule has 1 rings (SSSR count). The number of hydrogen-bond donors (Lipinski definition) is 0. The van der Waals surface area contributed by atoms with Crippen LogP contribution in [0.25, 0.3) is 0 Å². The van der Waals surface area contributed by atoms with Gasteiger partial charge in [-0.2, -0.15) is 0 Å². The third-order valence-electron chi connectivity index (χ3n) is 7.10. The van der Waals surface area contributed by atoms with E-state index in [0.29, 0.717) is 6.00 Å². The minimum absolute atomic E-state index is 0.251. The fourth-order valence-electron chi connectivity index (χ4n) is 5.15. The Bertz CT molecular complexity index is 382.